The summed E-state index contributed by atoms with van der Waals surface area (Å²) in [7, 11) is 3.13. The fourth-order valence-electron chi connectivity index (χ4n) is 1.40. The summed E-state index contributed by atoms with van der Waals surface area (Å²) < 4.78 is 10.3. The SMILES string of the molecule is COc1cc(/C=C/C(=O)NCC(C)O)cc(OC)c1. The first-order chi connectivity index (χ1) is 9.05. The zero-order chi connectivity index (χ0) is 14.3. The molecule has 0 radical (unpaired) electrons. The fraction of sp³-hybridized carbons (Fsp3) is 0.357. The van der Waals surface area contributed by atoms with Crippen LogP contribution in [0.25, 0.3) is 6.08 Å². The molecule has 1 aromatic carbocycles. The Bertz CT molecular complexity index is 433. The van der Waals surface area contributed by atoms with Crippen molar-refractivity contribution in [3.8, 4) is 11.5 Å². The van der Waals surface area contributed by atoms with Crippen molar-refractivity contribution in [3.63, 3.8) is 0 Å². The van der Waals surface area contributed by atoms with Gasteiger partial charge in [0.2, 0.25) is 5.91 Å². The van der Waals surface area contributed by atoms with Crippen molar-refractivity contribution < 1.29 is 19.4 Å². The first-order valence-corrected chi connectivity index (χ1v) is 5.92. The lowest BCUT2D eigenvalue weighted by atomic mass is 10.2. The molecule has 19 heavy (non-hydrogen) atoms. The second-order valence-electron chi connectivity index (χ2n) is 4.07. The summed E-state index contributed by atoms with van der Waals surface area (Å²) >= 11 is 0. The van der Waals surface area contributed by atoms with Crippen LogP contribution in [0.2, 0.25) is 0 Å². The minimum Gasteiger partial charge on any atom is -0.497 e. The maximum Gasteiger partial charge on any atom is 0.244 e. The topological polar surface area (TPSA) is 67.8 Å². The largest absolute Gasteiger partial charge is 0.497 e. The van der Waals surface area contributed by atoms with Gasteiger partial charge < -0.3 is 19.9 Å². The van der Waals surface area contributed by atoms with Crippen LogP contribution in [0.4, 0.5) is 0 Å². The van der Waals surface area contributed by atoms with Gasteiger partial charge in [0.1, 0.15) is 11.5 Å². The van der Waals surface area contributed by atoms with Gasteiger partial charge in [-0.1, -0.05) is 0 Å². The second-order valence-corrected chi connectivity index (χ2v) is 4.07. The normalized spacial score (nSPS) is 12.2. The van der Waals surface area contributed by atoms with E-state index in [-0.39, 0.29) is 12.5 Å². The van der Waals surface area contributed by atoms with Crippen molar-refractivity contribution in [2.45, 2.75) is 13.0 Å². The number of nitrogens with one attached hydrogen (secondary N) is 1. The molecule has 0 aromatic heterocycles. The molecule has 0 saturated carbocycles. The lowest BCUT2D eigenvalue weighted by Crippen LogP contribution is -2.28. The Labute approximate surface area is 112 Å². The Balaban J connectivity index is 2.72. The monoisotopic (exact) mass is 265 g/mol. The summed E-state index contributed by atoms with van der Waals surface area (Å²) in [5.74, 6) is 1.05. The van der Waals surface area contributed by atoms with Crippen LogP contribution in [0.3, 0.4) is 0 Å². The number of hydrogen-bond donors (Lipinski definition) is 2. The summed E-state index contributed by atoms with van der Waals surface area (Å²) in [6, 6.07) is 5.34. The summed E-state index contributed by atoms with van der Waals surface area (Å²) in [6.45, 7) is 1.83. The lowest BCUT2D eigenvalue weighted by molar-refractivity contribution is -0.116. The molecule has 0 aliphatic carbocycles. The van der Waals surface area contributed by atoms with Crippen LogP contribution < -0.4 is 14.8 Å². The van der Waals surface area contributed by atoms with Crippen molar-refractivity contribution in [3.05, 3.63) is 29.8 Å². The molecule has 1 amide bonds. The third kappa shape index (κ3) is 5.44. The number of amides is 1. The smallest absolute Gasteiger partial charge is 0.244 e. The van der Waals surface area contributed by atoms with Crippen LogP contribution in [0.5, 0.6) is 11.5 Å². The van der Waals surface area contributed by atoms with E-state index in [1.54, 1.807) is 45.4 Å². The molecule has 5 nitrogen and oxygen atoms in total. The van der Waals surface area contributed by atoms with Crippen LogP contribution in [-0.2, 0) is 4.79 Å². The van der Waals surface area contributed by atoms with Crippen LogP contribution in [0.1, 0.15) is 12.5 Å². The van der Waals surface area contributed by atoms with E-state index in [2.05, 4.69) is 5.32 Å². The quantitative estimate of drug-likeness (QED) is 0.759. The summed E-state index contributed by atoms with van der Waals surface area (Å²) in [5, 5.41) is 11.6. The molecule has 0 spiro atoms. The van der Waals surface area contributed by atoms with E-state index in [1.807, 2.05) is 0 Å². The van der Waals surface area contributed by atoms with E-state index in [9.17, 15) is 4.79 Å². The molecular formula is C14H19NO4. The standard InChI is InChI=1S/C14H19NO4/c1-10(16)9-15-14(17)5-4-11-6-12(18-2)8-13(7-11)19-3/h4-8,10,16H,9H2,1-3H3,(H,15,17)/b5-4+. The van der Waals surface area contributed by atoms with Gasteiger partial charge in [-0.05, 0) is 30.7 Å². The van der Waals surface area contributed by atoms with E-state index in [0.717, 1.165) is 5.56 Å². The van der Waals surface area contributed by atoms with Crippen molar-refractivity contribution in [2.75, 3.05) is 20.8 Å². The number of aliphatic hydroxyl groups is 1. The third-order valence-corrected chi connectivity index (χ3v) is 2.37. The molecule has 1 atom stereocenters. The first-order valence-electron chi connectivity index (χ1n) is 5.92. The maximum atomic E-state index is 11.5. The van der Waals surface area contributed by atoms with E-state index in [1.165, 1.54) is 6.08 Å². The van der Waals surface area contributed by atoms with Gasteiger partial charge in [-0.3, -0.25) is 4.79 Å². The summed E-state index contributed by atoms with van der Waals surface area (Å²) in [4.78, 5) is 11.5. The average molecular weight is 265 g/mol. The van der Waals surface area contributed by atoms with Crippen molar-refractivity contribution in [1.82, 2.24) is 5.32 Å². The molecule has 2 N–H and O–H groups in total. The second kappa shape index (κ2) is 7.43. The van der Waals surface area contributed by atoms with Gasteiger partial charge in [-0.2, -0.15) is 0 Å². The van der Waals surface area contributed by atoms with Gasteiger partial charge in [0.25, 0.3) is 0 Å². The molecule has 0 aliphatic rings. The molecular weight excluding hydrogens is 246 g/mol. The molecule has 0 aliphatic heterocycles. The molecule has 104 valence electrons. The van der Waals surface area contributed by atoms with Crippen LogP contribution >= 0.6 is 0 Å². The Morgan fingerprint density at radius 2 is 1.89 bits per heavy atom. The number of carbonyl (C=O) groups is 1. The Morgan fingerprint density at radius 1 is 1.32 bits per heavy atom. The molecule has 5 heteroatoms. The van der Waals surface area contributed by atoms with E-state index in [4.69, 9.17) is 14.6 Å². The minimum atomic E-state index is -0.561. The number of ether oxygens (including phenoxy) is 2. The van der Waals surface area contributed by atoms with E-state index in [0.29, 0.717) is 11.5 Å². The zero-order valence-corrected chi connectivity index (χ0v) is 11.3. The average Bonchev–Trinajstić information content (AvgIpc) is 2.42. The minimum absolute atomic E-state index is 0.227. The number of aliphatic hydroxyl groups excluding tert-OH is 1. The van der Waals surface area contributed by atoms with E-state index >= 15 is 0 Å². The highest BCUT2D eigenvalue weighted by molar-refractivity contribution is 5.91. The van der Waals surface area contributed by atoms with E-state index < -0.39 is 6.10 Å². The molecule has 1 aromatic rings. The predicted molar refractivity (Wildman–Crippen MR) is 73.3 cm³/mol. The molecule has 0 saturated heterocycles. The summed E-state index contributed by atoms with van der Waals surface area (Å²) in [5.41, 5.74) is 0.795. The Hall–Kier alpha value is -2.01. The van der Waals surface area contributed by atoms with Gasteiger partial charge in [0, 0.05) is 18.7 Å². The van der Waals surface area contributed by atoms with Crippen molar-refractivity contribution in [1.29, 1.82) is 0 Å². The van der Waals surface area contributed by atoms with Gasteiger partial charge in [-0.15, -0.1) is 0 Å². The highest BCUT2D eigenvalue weighted by Crippen LogP contribution is 2.23. The van der Waals surface area contributed by atoms with Gasteiger partial charge >= 0.3 is 0 Å². The van der Waals surface area contributed by atoms with Gasteiger partial charge in [0.15, 0.2) is 0 Å². The van der Waals surface area contributed by atoms with Crippen molar-refractivity contribution in [2.24, 2.45) is 0 Å². The first kappa shape index (κ1) is 15.0. The number of benzene rings is 1. The Morgan fingerprint density at radius 3 is 2.37 bits per heavy atom. The number of methoxy groups -OCH3 is 2. The number of hydrogen-bond acceptors (Lipinski definition) is 4. The molecule has 1 unspecified atom stereocenters. The molecule has 0 bridgehead atoms. The summed E-state index contributed by atoms with van der Waals surface area (Å²) in [6.07, 6.45) is 2.49. The third-order valence-electron chi connectivity index (χ3n) is 2.37. The zero-order valence-electron chi connectivity index (χ0n) is 11.3. The maximum absolute atomic E-state index is 11.5. The van der Waals surface area contributed by atoms with Crippen LogP contribution in [-0.4, -0.2) is 37.9 Å². The van der Waals surface area contributed by atoms with Crippen LogP contribution in [0.15, 0.2) is 24.3 Å². The molecule has 0 heterocycles. The highest BCUT2D eigenvalue weighted by atomic mass is 16.5. The molecule has 1 rings (SSSR count). The lowest BCUT2D eigenvalue weighted by Gasteiger charge is -2.06. The predicted octanol–water partition coefficient (Wildman–Crippen LogP) is 1.21. The Kier molecular flexibility index (Phi) is 5.89. The highest BCUT2D eigenvalue weighted by Gasteiger charge is 2.01. The van der Waals surface area contributed by atoms with Gasteiger partial charge in [-0.25, -0.2) is 0 Å². The van der Waals surface area contributed by atoms with Crippen LogP contribution in [0, 0.1) is 0 Å². The molecule has 0 fully saturated rings. The number of carbonyl (C=O) groups excluding carboxylic acids is 1. The number of rotatable bonds is 6. The van der Waals surface area contributed by atoms with Gasteiger partial charge in [0.05, 0.1) is 20.3 Å². The van der Waals surface area contributed by atoms with Crippen molar-refractivity contribution >= 4 is 12.0 Å². The fourth-order valence-corrected chi connectivity index (χ4v) is 1.40.